The summed E-state index contributed by atoms with van der Waals surface area (Å²) in [4.78, 5) is 25.4. The minimum Gasteiger partial charge on any atom is -0.353 e. The van der Waals surface area contributed by atoms with E-state index in [-0.39, 0.29) is 29.7 Å². The van der Waals surface area contributed by atoms with Crippen molar-refractivity contribution < 1.29 is 9.59 Å². The molecule has 2 amide bonds. The fourth-order valence-electron chi connectivity index (χ4n) is 2.40. The molecule has 2 aromatic rings. The second-order valence-corrected chi connectivity index (χ2v) is 8.19. The molecule has 0 spiro atoms. The third kappa shape index (κ3) is 6.18. The zero-order chi connectivity index (χ0) is 19.1. The van der Waals surface area contributed by atoms with Gasteiger partial charge in [-0.25, -0.2) is 0 Å². The van der Waals surface area contributed by atoms with Crippen LogP contribution in [0, 0.1) is 0 Å². The molecule has 0 radical (unpaired) electrons. The lowest BCUT2D eigenvalue weighted by atomic mass is 10.1. The van der Waals surface area contributed by atoms with Gasteiger partial charge in [0.05, 0.1) is 17.4 Å². The SMILES string of the molecule is CC(C)NC(=O)CSc1ccccc1C(=O)NC(C)c1ccc(Br)cc1. The normalized spacial score (nSPS) is 11.9. The predicted octanol–water partition coefficient (Wildman–Crippen LogP) is 4.56. The van der Waals surface area contributed by atoms with Crippen LogP contribution in [-0.4, -0.2) is 23.6 Å². The van der Waals surface area contributed by atoms with E-state index in [1.165, 1.54) is 11.8 Å². The summed E-state index contributed by atoms with van der Waals surface area (Å²) < 4.78 is 1.00. The van der Waals surface area contributed by atoms with E-state index in [1.54, 1.807) is 6.07 Å². The molecule has 2 N–H and O–H groups in total. The zero-order valence-corrected chi connectivity index (χ0v) is 17.5. The van der Waals surface area contributed by atoms with E-state index in [2.05, 4.69) is 26.6 Å². The fraction of sp³-hybridized carbons (Fsp3) is 0.300. The molecule has 1 atom stereocenters. The minimum absolute atomic E-state index is 0.0385. The lowest BCUT2D eigenvalue weighted by Gasteiger charge is -2.16. The highest BCUT2D eigenvalue weighted by molar-refractivity contribution is 9.10. The molecular weight excluding hydrogens is 412 g/mol. The van der Waals surface area contributed by atoms with Crippen molar-refractivity contribution in [2.24, 2.45) is 0 Å². The number of amides is 2. The summed E-state index contributed by atoms with van der Waals surface area (Å²) in [6, 6.07) is 15.2. The Morgan fingerprint density at radius 3 is 2.31 bits per heavy atom. The second-order valence-electron chi connectivity index (χ2n) is 6.25. The van der Waals surface area contributed by atoms with Gasteiger partial charge in [-0.15, -0.1) is 11.8 Å². The van der Waals surface area contributed by atoms with Crippen LogP contribution in [0.4, 0.5) is 0 Å². The van der Waals surface area contributed by atoms with Crippen LogP contribution in [0.15, 0.2) is 57.9 Å². The molecule has 0 aliphatic carbocycles. The van der Waals surface area contributed by atoms with Gasteiger partial charge in [-0.05, 0) is 50.6 Å². The molecule has 0 aliphatic rings. The van der Waals surface area contributed by atoms with E-state index in [4.69, 9.17) is 0 Å². The number of benzene rings is 2. The number of hydrogen-bond acceptors (Lipinski definition) is 3. The van der Waals surface area contributed by atoms with Crippen LogP contribution >= 0.6 is 27.7 Å². The second kappa shape index (κ2) is 9.78. The van der Waals surface area contributed by atoms with Gasteiger partial charge >= 0.3 is 0 Å². The molecule has 6 heteroatoms. The van der Waals surface area contributed by atoms with E-state index in [0.717, 1.165) is 14.9 Å². The highest BCUT2D eigenvalue weighted by Crippen LogP contribution is 2.24. The number of carbonyl (C=O) groups is 2. The lowest BCUT2D eigenvalue weighted by Crippen LogP contribution is -2.31. The minimum atomic E-state index is -0.146. The fourth-order valence-corrected chi connectivity index (χ4v) is 3.52. The van der Waals surface area contributed by atoms with Crippen molar-refractivity contribution in [1.82, 2.24) is 10.6 Å². The molecule has 0 saturated carbocycles. The maximum atomic E-state index is 12.7. The molecule has 2 aromatic carbocycles. The van der Waals surface area contributed by atoms with Gasteiger partial charge in [0.2, 0.25) is 5.91 Å². The monoisotopic (exact) mass is 434 g/mol. The van der Waals surface area contributed by atoms with Crippen LogP contribution in [-0.2, 0) is 4.79 Å². The highest BCUT2D eigenvalue weighted by Gasteiger charge is 2.16. The van der Waals surface area contributed by atoms with Gasteiger partial charge in [0, 0.05) is 15.4 Å². The number of carbonyl (C=O) groups excluding carboxylic acids is 2. The van der Waals surface area contributed by atoms with Crippen molar-refractivity contribution in [2.45, 2.75) is 37.8 Å². The molecule has 0 heterocycles. The molecule has 0 fully saturated rings. The number of rotatable bonds is 7. The molecule has 4 nitrogen and oxygen atoms in total. The maximum absolute atomic E-state index is 12.7. The average Bonchev–Trinajstić information content (AvgIpc) is 2.60. The Morgan fingerprint density at radius 2 is 1.65 bits per heavy atom. The Morgan fingerprint density at radius 1 is 1.00 bits per heavy atom. The Bertz CT molecular complexity index is 763. The average molecular weight is 435 g/mol. The largest absolute Gasteiger partial charge is 0.353 e. The molecule has 0 saturated heterocycles. The van der Waals surface area contributed by atoms with Gasteiger partial charge < -0.3 is 10.6 Å². The quantitative estimate of drug-likeness (QED) is 0.627. The molecule has 26 heavy (non-hydrogen) atoms. The molecular formula is C20H23BrN2O2S. The van der Waals surface area contributed by atoms with Crippen LogP contribution < -0.4 is 10.6 Å². The molecule has 1 unspecified atom stereocenters. The molecule has 0 bridgehead atoms. The first-order chi connectivity index (χ1) is 12.4. The first kappa shape index (κ1) is 20.5. The Kier molecular flexibility index (Phi) is 7.72. The van der Waals surface area contributed by atoms with Gasteiger partial charge in [0.15, 0.2) is 0 Å². The van der Waals surface area contributed by atoms with Gasteiger partial charge in [-0.1, -0.05) is 40.2 Å². The van der Waals surface area contributed by atoms with E-state index in [0.29, 0.717) is 5.56 Å². The molecule has 0 aliphatic heterocycles. The van der Waals surface area contributed by atoms with Crippen molar-refractivity contribution in [3.8, 4) is 0 Å². The Balaban J connectivity index is 2.04. The van der Waals surface area contributed by atoms with Gasteiger partial charge in [-0.3, -0.25) is 9.59 Å². The summed E-state index contributed by atoms with van der Waals surface area (Å²) in [7, 11) is 0. The van der Waals surface area contributed by atoms with Crippen LogP contribution in [0.25, 0.3) is 0 Å². The van der Waals surface area contributed by atoms with Gasteiger partial charge in [0.25, 0.3) is 5.91 Å². The summed E-state index contributed by atoms with van der Waals surface area (Å²) in [6.07, 6.45) is 0. The lowest BCUT2D eigenvalue weighted by molar-refractivity contribution is -0.119. The van der Waals surface area contributed by atoms with E-state index >= 15 is 0 Å². The van der Waals surface area contributed by atoms with Crippen molar-refractivity contribution >= 4 is 39.5 Å². The third-order valence-corrected chi connectivity index (χ3v) is 5.26. The van der Waals surface area contributed by atoms with Gasteiger partial charge in [-0.2, -0.15) is 0 Å². The van der Waals surface area contributed by atoms with E-state index in [1.807, 2.05) is 63.2 Å². The maximum Gasteiger partial charge on any atom is 0.252 e. The molecule has 0 aromatic heterocycles. The zero-order valence-electron chi connectivity index (χ0n) is 15.1. The third-order valence-electron chi connectivity index (χ3n) is 3.66. The van der Waals surface area contributed by atoms with Crippen molar-refractivity contribution in [1.29, 1.82) is 0 Å². The van der Waals surface area contributed by atoms with Gasteiger partial charge in [0.1, 0.15) is 0 Å². The smallest absolute Gasteiger partial charge is 0.252 e. The number of nitrogens with one attached hydrogen (secondary N) is 2. The van der Waals surface area contributed by atoms with Crippen molar-refractivity contribution in [3.63, 3.8) is 0 Å². The van der Waals surface area contributed by atoms with Crippen LogP contribution in [0.2, 0.25) is 0 Å². The van der Waals surface area contributed by atoms with Crippen LogP contribution in [0.1, 0.15) is 42.7 Å². The predicted molar refractivity (Wildman–Crippen MR) is 110 cm³/mol. The topological polar surface area (TPSA) is 58.2 Å². The number of thioether (sulfide) groups is 1. The Hall–Kier alpha value is -1.79. The summed E-state index contributed by atoms with van der Waals surface area (Å²) in [5.74, 6) is 0.0984. The molecule has 138 valence electrons. The standard InChI is InChI=1S/C20H23BrN2O2S/c1-13(2)22-19(24)12-26-18-7-5-4-6-17(18)20(25)23-14(3)15-8-10-16(21)11-9-15/h4-11,13-14H,12H2,1-3H3,(H,22,24)(H,23,25). The summed E-state index contributed by atoms with van der Waals surface area (Å²) >= 11 is 4.78. The van der Waals surface area contributed by atoms with E-state index in [9.17, 15) is 9.59 Å². The summed E-state index contributed by atoms with van der Waals surface area (Å²) in [5.41, 5.74) is 1.61. The highest BCUT2D eigenvalue weighted by atomic mass is 79.9. The first-order valence-corrected chi connectivity index (χ1v) is 10.2. The summed E-state index contributed by atoms with van der Waals surface area (Å²) in [5, 5.41) is 5.88. The van der Waals surface area contributed by atoms with Crippen LogP contribution in [0.3, 0.4) is 0 Å². The van der Waals surface area contributed by atoms with Crippen molar-refractivity contribution in [2.75, 3.05) is 5.75 Å². The van der Waals surface area contributed by atoms with Crippen molar-refractivity contribution in [3.05, 3.63) is 64.1 Å². The number of hydrogen-bond donors (Lipinski definition) is 2. The van der Waals surface area contributed by atoms with Crippen LogP contribution in [0.5, 0.6) is 0 Å². The first-order valence-electron chi connectivity index (χ1n) is 8.44. The summed E-state index contributed by atoms with van der Waals surface area (Å²) in [6.45, 7) is 5.80. The molecule has 2 rings (SSSR count). The van der Waals surface area contributed by atoms with E-state index < -0.39 is 0 Å². The Labute approximate surface area is 167 Å². The number of halogens is 1.